The van der Waals surface area contributed by atoms with Gasteiger partial charge in [-0.15, -0.1) is 11.3 Å². The average Bonchev–Trinajstić information content (AvgIpc) is 3.02. The summed E-state index contributed by atoms with van der Waals surface area (Å²) in [6.45, 7) is 1.72. The molecular formula is C11H11N2O3S-. The van der Waals surface area contributed by atoms with E-state index in [1.54, 1.807) is 13.0 Å². The molecule has 1 amide bonds. The number of hydrogen-bond acceptors (Lipinski definition) is 5. The fourth-order valence-electron chi connectivity index (χ4n) is 1.27. The summed E-state index contributed by atoms with van der Waals surface area (Å²) in [5.41, 5.74) is 3.07. The van der Waals surface area contributed by atoms with Crippen LogP contribution in [0.3, 0.4) is 0 Å². The van der Waals surface area contributed by atoms with Gasteiger partial charge in [0.1, 0.15) is 0 Å². The highest BCUT2D eigenvalue weighted by atomic mass is 32.1. The van der Waals surface area contributed by atoms with Gasteiger partial charge in [-0.1, -0.05) is 0 Å². The summed E-state index contributed by atoms with van der Waals surface area (Å²) in [4.78, 5) is 22.8. The number of rotatable bonds is 4. The zero-order valence-electron chi connectivity index (χ0n) is 9.23. The van der Waals surface area contributed by atoms with Gasteiger partial charge in [-0.2, -0.15) is 5.10 Å². The predicted octanol–water partition coefficient (Wildman–Crippen LogP) is 0.362. The Kier molecular flexibility index (Phi) is 3.23. The molecule has 2 rings (SSSR count). The van der Waals surface area contributed by atoms with E-state index < -0.39 is 5.97 Å². The smallest absolute Gasteiger partial charge is 0.243 e. The van der Waals surface area contributed by atoms with Crippen molar-refractivity contribution in [2.24, 2.45) is 11.0 Å². The molecule has 0 atom stereocenters. The Bertz CT molecular complexity index is 489. The maximum Gasteiger partial charge on any atom is 0.243 e. The molecule has 0 bridgehead atoms. The van der Waals surface area contributed by atoms with Crippen molar-refractivity contribution in [2.45, 2.75) is 19.8 Å². The van der Waals surface area contributed by atoms with Crippen molar-refractivity contribution in [3.05, 3.63) is 21.9 Å². The van der Waals surface area contributed by atoms with E-state index in [4.69, 9.17) is 0 Å². The number of carboxylic acid groups (broad SMARTS) is 1. The first-order valence-electron chi connectivity index (χ1n) is 5.23. The van der Waals surface area contributed by atoms with Crippen molar-refractivity contribution < 1.29 is 14.7 Å². The lowest BCUT2D eigenvalue weighted by molar-refractivity contribution is -0.254. The summed E-state index contributed by atoms with van der Waals surface area (Å²) in [6.07, 6.45) is 1.85. The number of nitrogens with one attached hydrogen (secondary N) is 1. The number of aromatic carboxylic acids is 1. The molecule has 0 aromatic carbocycles. The Hall–Kier alpha value is -1.69. The molecule has 0 unspecified atom stereocenters. The van der Waals surface area contributed by atoms with Gasteiger partial charge in [0, 0.05) is 5.92 Å². The summed E-state index contributed by atoms with van der Waals surface area (Å²) >= 11 is 1.08. The average molecular weight is 251 g/mol. The van der Waals surface area contributed by atoms with Crippen LogP contribution in [0.1, 0.15) is 34.3 Å². The zero-order chi connectivity index (χ0) is 12.4. The molecule has 6 heteroatoms. The monoisotopic (exact) mass is 251 g/mol. The van der Waals surface area contributed by atoms with Crippen LogP contribution in [0, 0.1) is 5.92 Å². The molecule has 0 spiro atoms. The lowest BCUT2D eigenvalue weighted by Crippen LogP contribution is -2.21. The Morgan fingerprint density at radius 1 is 1.41 bits per heavy atom. The molecule has 1 saturated carbocycles. The fourth-order valence-corrected chi connectivity index (χ4v) is 2.06. The van der Waals surface area contributed by atoms with Crippen LogP contribution < -0.4 is 10.5 Å². The van der Waals surface area contributed by atoms with Crippen LogP contribution >= 0.6 is 11.3 Å². The molecule has 0 saturated heterocycles. The van der Waals surface area contributed by atoms with E-state index in [9.17, 15) is 14.7 Å². The van der Waals surface area contributed by atoms with Gasteiger partial charge in [0.15, 0.2) is 0 Å². The van der Waals surface area contributed by atoms with E-state index in [0.717, 1.165) is 24.2 Å². The second-order valence-electron chi connectivity index (χ2n) is 3.90. The normalized spacial score (nSPS) is 15.7. The standard InChI is InChI=1S/C11H12N2O3S/c1-6(12-13-10(14)7-2-3-7)8-4-5-9(17-8)11(15)16/h4-5,7H,2-3H2,1H3,(H,13,14)(H,15,16)/p-1/b12-6-. The predicted molar refractivity (Wildman–Crippen MR) is 61.7 cm³/mol. The minimum Gasteiger partial charge on any atom is -0.544 e. The number of carbonyl (C=O) groups excluding carboxylic acids is 2. The summed E-state index contributed by atoms with van der Waals surface area (Å²) < 4.78 is 0. The van der Waals surface area contributed by atoms with Gasteiger partial charge in [0.2, 0.25) is 5.91 Å². The molecule has 1 aliphatic rings. The molecule has 17 heavy (non-hydrogen) atoms. The van der Waals surface area contributed by atoms with Crippen LogP contribution in [0.2, 0.25) is 0 Å². The molecule has 1 N–H and O–H groups in total. The molecule has 1 aliphatic carbocycles. The van der Waals surface area contributed by atoms with Crippen molar-refractivity contribution in [1.82, 2.24) is 5.43 Å². The topological polar surface area (TPSA) is 81.6 Å². The first-order valence-corrected chi connectivity index (χ1v) is 6.05. The van der Waals surface area contributed by atoms with Gasteiger partial charge in [-0.3, -0.25) is 4.79 Å². The van der Waals surface area contributed by atoms with Gasteiger partial charge in [0.05, 0.1) is 21.4 Å². The number of hydrazone groups is 1. The van der Waals surface area contributed by atoms with E-state index in [1.165, 1.54) is 6.07 Å². The lowest BCUT2D eigenvalue weighted by atomic mass is 10.3. The Labute approximate surface area is 102 Å². The number of thiophene rings is 1. The van der Waals surface area contributed by atoms with Crippen LogP contribution in [-0.4, -0.2) is 17.6 Å². The van der Waals surface area contributed by atoms with Crippen LogP contribution in [-0.2, 0) is 4.79 Å². The maximum absolute atomic E-state index is 11.3. The van der Waals surface area contributed by atoms with E-state index in [1.807, 2.05) is 0 Å². The van der Waals surface area contributed by atoms with Crippen LogP contribution in [0.5, 0.6) is 0 Å². The lowest BCUT2D eigenvalue weighted by Gasteiger charge is -1.99. The third-order valence-corrected chi connectivity index (χ3v) is 3.62. The Morgan fingerprint density at radius 2 is 2.06 bits per heavy atom. The largest absolute Gasteiger partial charge is 0.544 e. The minimum atomic E-state index is -1.20. The first kappa shape index (κ1) is 11.8. The molecule has 0 aliphatic heterocycles. The number of carboxylic acids is 1. The first-order chi connectivity index (χ1) is 8.08. The van der Waals surface area contributed by atoms with Crippen molar-refractivity contribution in [3.63, 3.8) is 0 Å². The summed E-state index contributed by atoms with van der Waals surface area (Å²) in [7, 11) is 0. The van der Waals surface area contributed by atoms with E-state index in [-0.39, 0.29) is 16.7 Å². The molecule has 5 nitrogen and oxygen atoms in total. The Morgan fingerprint density at radius 3 is 2.59 bits per heavy atom. The van der Waals surface area contributed by atoms with E-state index in [2.05, 4.69) is 10.5 Å². The van der Waals surface area contributed by atoms with Gasteiger partial charge >= 0.3 is 0 Å². The molecule has 1 fully saturated rings. The zero-order valence-corrected chi connectivity index (χ0v) is 10.0. The maximum atomic E-state index is 11.3. The van der Waals surface area contributed by atoms with Crippen molar-refractivity contribution >= 4 is 28.9 Å². The third kappa shape index (κ3) is 2.91. The molecule has 1 aromatic rings. The van der Waals surface area contributed by atoms with Gasteiger partial charge in [-0.25, -0.2) is 5.43 Å². The summed E-state index contributed by atoms with van der Waals surface area (Å²) in [5, 5.41) is 14.5. The van der Waals surface area contributed by atoms with Gasteiger partial charge in [0.25, 0.3) is 0 Å². The second-order valence-corrected chi connectivity index (χ2v) is 4.98. The minimum absolute atomic E-state index is 0.0685. The van der Waals surface area contributed by atoms with Gasteiger partial charge in [-0.05, 0) is 31.9 Å². The van der Waals surface area contributed by atoms with Crippen LogP contribution in [0.25, 0.3) is 0 Å². The molecular weight excluding hydrogens is 240 g/mol. The van der Waals surface area contributed by atoms with Crippen molar-refractivity contribution in [3.8, 4) is 0 Å². The van der Waals surface area contributed by atoms with Crippen LogP contribution in [0.15, 0.2) is 17.2 Å². The quantitative estimate of drug-likeness (QED) is 0.619. The highest BCUT2D eigenvalue weighted by Gasteiger charge is 2.29. The number of hydrogen-bond donors (Lipinski definition) is 1. The van der Waals surface area contributed by atoms with E-state index in [0.29, 0.717) is 10.6 Å². The molecule has 0 radical (unpaired) electrons. The molecule has 1 heterocycles. The highest BCUT2D eigenvalue weighted by molar-refractivity contribution is 7.15. The van der Waals surface area contributed by atoms with Crippen molar-refractivity contribution in [2.75, 3.05) is 0 Å². The van der Waals surface area contributed by atoms with Crippen molar-refractivity contribution in [1.29, 1.82) is 0 Å². The Balaban J connectivity index is 2.01. The second kappa shape index (κ2) is 4.67. The third-order valence-electron chi connectivity index (χ3n) is 2.45. The molecule has 1 aromatic heterocycles. The van der Waals surface area contributed by atoms with Gasteiger partial charge < -0.3 is 9.90 Å². The highest BCUT2D eigenvalue weighted by Crippen LogP contribution is 2.28. The number of amides is 1. The summed E-state index contributed by atoms with van der Waals surface area (Å²) in [5.74, 6) is -1.16. The van der Waals surface area contributed by atoms with E-state index >= 15 is 0 Å². The number of nitrogens with zero attached hydrogens (tertiary/aromatic N) is 1. The number of carbonyl (C=O) groups is 2. The SMILES string of the molecule is C/C(=N/NC(=O)C1CC1)c1ccc(C(=O)[O-])s1. The van der Waals surface area contributed by atoms with Crippen LogP contribution in [0.4, 0.5) is 0 Å². The fraction of sp³-hybridized carbons (Fsp3) is 0.364. The molecule has 90 valence electrons. The summed E-state index contributed by atoms with van der Waals surface area (Å²) in [6, 6.07) is 3.12.